The second-order valence-corrected chi connectivity index (χ2v) is 6.49. The van der Waals surface area contributed by atoms with E-state index in [0.717, 1.165) is 12.8 Å². The van der Waals surface area contributed by atoms with Crippen molar-refractivity contribution in [2.75, 3.05) is 20.3 Å². The minimum absolute atomic E-state index is 0.124. The summed E-state index contributed by atoms with van der Waals surface area (Å²) in [5.41, 5.74) is 5.33. The Bertz CT molecular complexity index is 499. The monoisotopic (exact) mass is 427 g/mol. The van der Waals surface area contributed by atoms with E-state index in [1.165, 1.54) is 32.1 Å². The molecule has 0 unspecified atom stereocenters. The van der Waals surface area contributed by atoms with Crippen LogP contribution in [0.4, 0.5) is 13.2 Å². The topological polar surface area (TPSA) is 108 Å². The summed E-state index contributed by atoms with van der Waals surface area (Å²) in [7, 11) is 1.63. The molecule has 1 heterocycles. The number of halogens is 3. The van der Waals surface area contributed by atoms with E-state index in [0.29, 0.717) is 6.61 Å². The molecule has 0 aromatic carbocycles. The van der Waals surface area contributed by atoms with Crippen LogP contribution in [-0.4, -0.2) is 61.8 Å². The Hall–Kier alpha value is -1.65. The highest BCUT2D eigenvalue weighted by molar-refractivity contribution is 5.73. The van der Waals surface area contributed by atoms with Crippen LogP contribution in [0.5, 0.6) is 0 Å². The zero-order chi connectivity index (χ0) is 22.3. The van der Waals surface area contributed by atoms with Gasteiger partial charge in [-0.3, -0.25) is 4.79 Å². The number of allylic oxidation sites excluding steroid dienone is 1. The number of alkyl halides is 3. The fourth-order valence-corrected chi connectivity index (χ4v) is 2.65. The Kier molecular flexibility index (Phi) is 14.4. The van der Waals surface area contributed by atoms with Crippen LogP contribution in [0.1, 0.15) is 51.9 Å². The molecule has 1 fully saturated rings. The number of rotatable bonds is 10. The average Bonchev–Trinajstić information content (AvgIpc) is 2.67. The summed E-state index contributed by atoms with van der Waals surface area (Å²) in [5.74, 6) is -3.18. The number of carbonyl (C=O) groups is 2. The van der Waals surface area contributed by atoms with E-state index >= 15 is 0 Å². The molecule has 0 spiro atoms. The first kappa shape index (κ1) is 27.4. The van der Waals surface area contributed by atoms with E-state index in [1.54, 1.807) is 7.11 Å². The number of carboxylic acid groups (broad SMARTS) is 1. The number of aliphatic carboxylic acids is 1. The molecule has 0 aromatic rings. The van der Waals surface area contributed by atoms with Gasteiger partial charge >= 0.3 is 18.1 Å². The molecular weight excluding hydrogens is 395 g/mol. The van der Waals surface area contributed by atoms with Gasteiger partial charge in [-0.2, -0.15) is 13.2 Å². The molecular formula is C19H32F3NO6. The largest absolute Gasteiger partial charge is 0.490 e. The number of ether oxygens (including phenoxy) is 3. The van der Waals surface area contributed by atoms with Gasteiger partial charge in [0.05, 0.1) is 19.3 Å². The van der Waals surface area contributed by atoms with Crippen molar-refractivity contribution in [2.45, 2.75) is 76.4 Å². The highest BCUT2D eigenvalue weighted by atomic mass is 19.4. The summed E-state index contributed by atoms with van der Waals surface area (Å²) in [6, 6.07) is 0. The van der Waals surface area contributed by atoms with E-state index in [9.17, 15) is 18.0 Å². The smallest absolute Gasteiger partial charge is 0.475 e. The van der Waals surface area contributed by atoms with Crippen molar-refractivity contribution in [1.29, 1.82) is 0 Å². The maximum Gasteiger partial charge on any atom is 0.490 e. The predicted octanol–water partition coefficient (Wildman–Crippen LogP) is 3.21. The van der Waals surface area contributed by atoms with Crippen molar-refractivity contribution in [3.8, 4) is 0 Å². The van der Waals surface area contributed by atoms with Crippen LogP contribution in [0, 0.1) is 0 Å². The summed E-state index contributed by atoms with van der Waals surface area (Å²) in [6.07, 6.45) is 6.31. The van der Waals surface area contributed by atoms with Crippen molar-refractivity contribution in [2.24, 2.45) is 5.73 Å². The minimum Gasteiger partial charge on any atom is -0.475 e. The molecule has 3 atom stereocenters. The molecule has 1 aliphatic rings. The number of nitrogens with two attached hydrogens (primary N) is 1. The van der Waals surface area contributed by atoms with Gasteiger partial charge in [0, 0.05) is 13.5 Å². The molecule has 3 N–H and O–H groups in total. The van der Waals surface area contributed by atoms with Gasteiger partial charge in [0.1, 0.15) is 6.10 Å². The van der Waals surface area contributed by atoms with Crippen molar-refractivity contribution in [1.82, 2.24) is 0 Å². The average molecular weight is 427 g/mol. The number of esters is 1. The normalized spacial score (nSPS) is 22.1. The lowest BCUT2D eigenvalue weighted by molar-refractivity contribution is -0.192. The van der Waals surface area contributed by atoms with Crippen LogP contribution in [0.3, 0.4) is 0 Å². The maximum atomic E-state index is 11.5. The first-order chi connectivity index (χ1) is 13.7. The Balaban J connectivity index is 0.000000956. The Morgan fingerprint density at radius 3 is 2.38 bits per heavy atom. The number of carbonyl (C=O) groups excluding carboxylic acids is 1. The molecule has 0 saturated carbocycles. The lowest BCUT2D eigenvalue weighted by Crippen LogP contribution is -2.48. The maximum absolute atomic E-state index is 11.5. The van der Waals surface area contributed by atoms with Gasteiger partial charge in [0.15, 0.2) is 6.10 Å². The SMILES string of the molecule is CCCCCCC/C=C\[C@@H]1OCC[C@H](OC)[C@H]1OC(=O)CN.O=C(O)C(F)(F)F. The molecule has 0 bridgehead atoms. The molecule has 0 radical (unpaired) electrons. The van der Waals surface area contributed by atoms with Gasteiger partial charge in [-0.1, -0.05) is 44.8 Å². The number of hydrogen-bond donors (Lipinski definition) is 2. The Morgan fingerprint density at radius 1 is 1.24 bits per heavy atom. The number of methoxy groups -OCH3 is 1. The van der Waals surface area contributed by atoms with Crippen LogP contribution in [0.15, 0.2) is 12.2 Å². The fraction of sp³-hybridized carbons (Fsp3) is 0.789. The molecule has 1 aliphatic heterocycles. The molecule has 0 amide bonds. The van der Waals surface area contributed by atoms with Gasteiger partial charge in [0.25, 0.3) is 0 Å². The second-order valence-electron chi connectivity index (χ2n) is 6.49. The predicted molar refractivity (Wildman–Crippen MR) is 100 cm³/mol. The molecule has 10 heteroatoms. The number of unbranched alkanes of at least 4 members (excludes halogenated alkanes) is 5. The third-order valence-corrected chi connectivity index (χ3v) is 4.18. The lowest BCUT2D eigenvalue weighted by atomic mass is 10.0. The van der Waals surface area contributed by atoms with E-state index in [4.69, 9.17) is 29.8 Å². The second kappa shape index (κ2) is 15.2. The zero-order valence-corrected chi connectivity index (χ0v) is 17.0. The van der Waals surface area contributed by atoms with Crippen LogP contribution in [0.2, 0.25) is 0 Å². The Labute approximate surface area is 169 Å². The van der Waals surface area contributed by atoms with Crippen LogP contribution in [0.25, 0.3) is 0 Å². The molecule has 170 valence electrons. The van der Waals surface area contributed by atoms with Gasteiger partial charge in [-0.05, 0) is 12.8 Å². The highest BCUT2D eigenvalue weighted by Gasteiger charge is 2.38. The van der Waals surface area contributed by atoms with E-state index in [2.05, 4.69) is 13.0 Å². The quantitative estimate of drug-likeness (QED) is 0.313. The highest BCUT2D eigenvalue weighted by Crippen LogP contribution is 2.22. The summed E-state index contributed by atoms with van der Waals surface area (Å²) in [4.78, 5) is 20.4. The van der Waals surface area contributed by atoms with Crippen LogP contribution in [-0.2, 0) is 23.8 Å². The summed E-state index contributed by atoms with van der Waals surface area (Å²) < 4.78 is 48.3. The first-order valence-electron chi connectivity index (χ1n) is 9.68. The number of carboxylic acids is 1. The van der Waals surface area contributed by atoms with Gasteiger partial charge in [-0.25, -0.2) is 4.79 Å². The first-order valence-corrected chi connectivity index (χ1v) is 9.68. The van der Waals surface area contributed by atoms with E-state index < -0.39 is 24.2 Å². The third-order valence-electron chi connectivity index (χ3n) is 4.18. The van der Waals surface area contributed by atoms with Crippen LogP contribution >= 0.6 is 0 Å². The van der Waals surface area contributed by atoms with Gasteiger partial charge in [0.2, 0.25) is 0 Å². The van der Waals surface area contributed by atoms with Crippen molar-refractivity contribution in [3.05, 3.63) is 12.2 Å². The zero-order valence-electron chi connectivity index (χ0n) is 17.0. The van der Waals surface area contributed by atoms with Gasteiger partial charge < -0.3 is 25.1 Å². The molecule has 0 aliphatic carbocycles. The minimum atomic E-state index is -5.08. The fourth-order valence-electron chi connectivity index (χ4n) is 2.65. The van der Waals surface area contributed by atoms with Crippen LogP contribution < -0.4 is 5.73 Å². The molecule has 1 rings (SSSR count). The molecule has 0 aromatic heterocycles. The molecule has 7 nitrogen and oxygen atoms in total. The third kappa shape index (κ3) is 12.5. The van der Waals surface area contributed by atoms with Crippen molar-refractivity contribution < 1.29 is 42.1 Å². The van der Waals surface area contributed by atoms with Crippen molar-refractivity contribution >= 4 is 11.9 Å². The summed E-state index contributed by atoms with van der Waals surface area (Å²) in [6.45, 7) is 2.71. The summed E-state index contributed by atoms with van der Waals surface area (Å²) >= 11 is 0. The van der Waals surface area contributed by atoms with E-state index in [-0.39, 0.29) is 18.8 Å². The molecule has 29 heavy (non-hydrogen) atoms. The Morgan fingerprint density at radius 2 is 1.86 bits per heavy atom. The number of hydrogen-bond acceptors (Lipinski definition) is 6. The van der Waals surface area contributed by atoms with E-state index in [1.807, 2.05) is 6.08 Å². The van der Waals surface area contributed by atoms with Crippen molar-refractivity contribution in [3.63, 3.8) is 0 Å². The van der Waals surface area contributed by atoms with Gasteiger partial charge in [-0.15, -0.1) is 0 Å². The molecule has 1 saturated heterocycles. The standard InChI is InChI=1S/C17H31NO4.C2HF3O2/c1-3-4-5-6-7-8-9-10-15-17(22-16(19)13-18)14(20-2)11-12-21-15;3-2(4,5)1(6)7/h9-10,14-15,17H,3-8,11-13,18H2,1-2H3;(H,6,7)/b10-9-;/t14-,15-,17+;/m0./s1. The lowest BCUT2D eigenvalue weighted by Gasteiger charge is -2.35. The summed E-state index contributed by atoms with van der Waals surface area (Å²) in [5, 5.41) is 7.12.